The molecule has 3 atom stereocenters. The van der Waals surface area contributed by atoms with Crippen LogP contribution in [0.2, 0.25) is 0 Å². The molecule has 0 aliphatic carbocycles. The van der Waals surface area contributed by atoms with Crippen molar-refractivity contribution in [2.75, 3.05) is 11.9 Å². The van der Waals surface area contributed by atoms with Gasteiger partial charge in [-0.3, -0.25) is 0 Å². The highest BCUT2D eigenvalue weighted by Gasteiger charge is 2.39. The van der Waals surface area contributed by atoms with Crippen molar-refractivity contribution >= 4 is 21.6 Å². The van der Waals surface area contributed by atoms with Gasteiger partial charge in [-0.15, -0.1) is 0 Å². The van der Waals surface area contributed by atoms with Crippen molar-refractivity contribution in [2.24, 2.45) is 5.92 Å². The Hall–Kier alpha value is -1.39. The number of rotatable bonds is 1. The second-order valence-corrected chi connectivity index (χ2v) is 6.92. The standard InChI is InChI=1S/C18H17BrFNO/c19-12-6-7-16-15(10-12)18-14(5-2-8-22-18)17(21-16)11-3-1-4-13(20)9-11/h1,3-4,6-7,9-10,14,17-18,21H,2,5,8H2/t14-,17-,18+/m0/s1. The Balaban J connectivity index is 1.79. The fourth-order valence-electron chi connectivity index (χ4n) is 3.67. The van der Waals surface area contributed by atoms with E-state index in [2.05, 4.69) is 33.4 Å². The van der Waals surface area contributed by atoms with Crippen LogP contribution in [0.15, 0.2) is 46.9 Å². The summed E-state index contributed by atoms with van der Waals surface area (Å²) in [6.07, 6.45) is 2.22. The fourth-order valence-corrected chi connectivity index (χ4v) is 4.05. The van der Waals surface area contributed by atoms with Crippen molar-refractivity contribution in [1.29, 1.82) is 0 Å². The minimum atomic E-state index is -0.186. The third-order valence-corrected chi connectivity index (χ3v) is 5.13. The summed E-state index contributed by atoms with van der Waals surface area (Å²) in [5.74, 6) is 0.145. The molecule has 1 fully saturated rings. The van der Waals surface area contributed by atoms with E-state index in [0.717, 1.165) is 35.2 Å². The SMILES string of the molecule is Fc1cccc([C@@H]2Nc3ccc(Br)cc3[C@@H]3OCCC[C@@H]23)c1. The summed E-state index contributed by atoms with van der Waals surface area (Å²) in [5.41, 5.74) is 3.28. The smallest absolute Gasteiger partial charge is 0.123 e. The van der Waals surface area contributed by atoms with Gasteiger partial charge in [-0.25, -0.2) is 4.39 Å². The van der Waals surface area contributed by atoms with Gasteiger partial charge in [0, 0.05) is 28.2 Å². The van der Waals surface area contributed by atoms with E-state index >= 15 is 0 Å². The molecule has 0 radical (unpaired) electrons. The van der Waals surface area contributed by atoms with Gasteiger partial charge >= 0.3 is 0 Å². The normalized spacial score (nSPS) is 26.7. The van der Waals surface area contributed by atoms with Crippen LogP contribution in [0.5, 0.6) is 0 Å². The Morgan fingerprint density at radius 3 is 2.95 bits per heavy atom. The maximum atomic E-state index is 13.6. The zero-order valence-corrected chi connectivity index (χ0v) is 13.6. The number of hydrogen-bond acceptors (Lipinski definition) is 2. The quantitative estimate of drug-likeness (QED) is 0.751. The van der Waals surface area contributed by atoms with Gasteiger partial charge in [-0.2, -0.15) is 0 Å². The molecule has 0 amide bonds. The number of halogens is 2. The van der Waals surface area contributed by atoms with Crippen LogP contribution in [0.3, 0.4) is 0 Å². The van der Waals surface area contributed by atoms with Crippen LogP contribution in [-0.4, -0.2) is 6.61 Å². The van der Waals surface area contributed by atoms with E-state index in [1.54, 1.807) is 12.1 Å². The van der Waals surface area contributed by atoms with Gasteiger partial charge < -0.3 is 10.1 Å². The number of ether oxygens (including phenoxy) is 1. The molecule has 0 saturated carbocycles. The highest BCUT2D eigenvalue weighted by Crippen LogP contribution is 2.49. The first-order valence-electron chi connectivity index (χ1n) is 7.65. The van der Waals surface area contributed by atoms with Crippen molar-refractivity contribution in [3.8, 4) is 0 Å². The topological polar surface area (TPSA) is 21.3 Å². The predicted molar refractivity (Wildman–Crippen MR) is 88.3 cm³/mol. The van der Waals surface area contributed by atoms with E-state index < -0.39 is 0 Å². The van der Waals surface area contributed by atoms with Gasteiger partial charge in [-0.05, 0) is 48.7 Å². The second-order valence-electron chi connectivity index (χ2n) is 6.01. The molecule has 0 unspecified atom stereocenters. The van der Waals surface area contributed by atoms with Crippen molar-refractivity contribution < 1.29 is 9.13 Å². The molecule has 22 heavy (non-hydrogen) atoms. The number of benzene rings is 2. The number of anilines is 1. The predicted octanol–water partition coefficient (Wildman–Crippen LogP) is 5.22. The van der Waals surface area contributed by atoms with E-state index in [4.69, 9.17) is 4.74 Å². The van der Waals surface area contributed by atoms with Crippen molar-refractivity contribution in [2.45, 2.75) is 25.0 Å². The van der Waals surface area contributed by atoms with Crippen LogP contribution in [0.4, 0.5) is 10.1 Å². The zero-order chi connectivity index (χ0) is 15.1. The highest BCUT2D eigenvalue weighted by molar-refractivity contribution is 9.10. The van der Waals surface area contributed by atoms with Gasteiger partial charge in [0.15, 0.2) is 0 Å². The Bertz CT molecular complexity index is 705. The molecule has 2 aromatic rings. The molecule has 114 valence electrons. The molecule has 2 aliphatic heterocycles. The Morgan fingerprint density at radius 1 is 1.18 bits per heavy atom. The van der Waals surface area contributed by atoms with Crippen LogP contribution >= 0.6 is 15.9 Å². The van der Waals surface area contributed by atoms with Gasteiger partial charge in [-0.1, -0.05) is 28.1 Å². The van der Waals surface area contributed by atoms with Crippen molar-refractivity contribution in [1.82, 2.24) is 0 Å². The summed E-state index contributed by atoms with van der Waals surface area (Å²) in [6, 6.07) is 13.2. The summed E-state index contributed by atoms with van der Waals surface area (Å²) in [4.78, 5) is 0. The average molecular weight is 362 g/mol. The third kappa shape index (κ3) is 2.44. The van der Waals surface area contributed by atoms with E-state index in [-0.39, 0.29) is 18.0 Å². The van der Waals surface area contributed by atoms with Crippen LogP contribution in [0.1, 0.15) is 36.1 Å². The minimum absolute atomic E-state index is 0.0794. The van der Waals surface area contributed by atoms with E-state index in [1.165, 1.54) is 11.6 Å². The van der Waals surface area contributed by atoms with Gasteiger partial charge in [0.1, 0.15) is 5.82 Å². The number of nitrogens with one attached hydrogen (secondary N) is 1. The van der Waals surface area contributed by atoms with E-state index in [9.17, 15) is 4.39 Å². The summed E-state index contributed by atoms with van der Waals surface area (Å²) in [6.45, 7) is 0.795. The lowest BCUT2D eigenvalue weighted by atomic mass is 9.77. The maximum Gasteiger partial charge on any atom is 0.123 e. The average Bonchev–Trinajstić information content (AvgIpc) is 2.54. The largest absolute Gasteiger partial charge is 0.378 e. The maximum absolute atomic E-state index is 13.6. The number of fused-ring (bicyclic) bond motifs is 3. The Morgan fingerprint density at radius 2 is 2.09 bits per heavy atom. The third-order valence-electron chi connectivity index (χ3n) is 4.64. The van der Waals surface area contributed by atoms with Crippen LogP contribution in [0.25, 0.3) is 0 Å². The monoisotopic (exact) mass is 361 g/mol. The number of hydrogen-bond donors (Lipinski definition) is 1. The lowest BCUT2D eigenvalue weighted by Gasteiger charge is -2.43. The molecule has 0 spiro atoms. The molecule has 2 aliphatic rings. The lowest BCUT2D eigenvalue weighted by molar-refractivity contribution is -0.0381. The fraction of sp³-hybridized carbons (Fsp3) is 0.333. The summed E-state index contributed by atoms with van der Waals surface area (Å²) in [7, 11) is 0. The Kier molecular flexibility index (Phi) is 3.66. The van der Waals surface area contributed by atoms with E-state index in [1.807, 2.05) is 12.1 Å². The summed E-state index contributed by atoms with van der Waals surface area (Å²) in [5, 5.41) is 3.60. The molecular weight excluding hydrogens is 345 g/mol. The molecule has 4 heteroatoms. The molecule has 1 N–H and O–H groups in total. The van der Waals surface area contributed by atoms with Crippen LogP contribution in [0, 0.1) is 11.7 Å². The minimum Gasteiger partial charge on any atom is -0.378 e. The van der Waals surface area contributed by atoms with Gasteiger partial charge in [0.05, 0.1) is 12.1 Å². The first-order valence-corrected chi connectivity index (χ1v) is 8.45. The Labute approximate surface area is 137 Å². The molecule has 1 saturated heterocycles. The molecule has 0 aromatic heterocycles. The zero-order valence-electron chi connectivity index (χ0n) is 12.1. The molecule has 2 heterocycles. The highest BCUT2D eigenvalue weighted by atomic mass is 79.9. The molecule has 4 rings (SSSR count). The molecule has 0 bridgehead atoms. The first kappa shape index (κ1) is 14.2. The first-order chi connectivity index (χ1) is 10.7. The van der Waals surface area contributed by atoms with Gasteiger partial charge in [0.25, 0.3) is 0 Å². The van der Waals surface area contributed by atoms with Gasteiger partial charge in [0.2, 0.25) is 0 Å². The van der Waals surface area contributed by atoms with Crippen LogP contribution < -0.4 is 5.32 Å². The van der Waals surface area contributed by atoms with Crippen molar-refractivity contribution in [3.63, 3.8) is 0 Å². The molecule has 2 nitrogen and oxygen atoms in total. The van der Waals surface area contributed by atoms with E-state index in [0.29, 0.717) is 5.92 Å². The van der Waals surface area contributed by atoms with Crippen LogP contribution in [-0.2, 0) is 4.74 Å². The van der Waals surface area contributed by atoms with Crippen molar-refractivity contribution in [3.05, 3.63) is 63.9 Å². The molecular formula is C18H17BrFNO. The lowest BCUT2D eigenvalue weighted by Crippen LogP contribution is -2.36. The summed E-state index contributed by atoms with van der Waals surface area (Å²) >= 11 is 3.54. The summed E-state index contributed by atoms with van der Waals surface area (Å²) < 4.78 is 20.8. The molecule has 2 aromatic carbocycles. The second kappa shape index (κ2) is 5.67.